The van der Waals surface area contributed by atoms with Crippen LogP contribution >= 0.6 is 0 Å². The molecule has 5 nitrogen and oxygen atoms in total. The van der Waals surface area contributed by atoms with Crippen LogP contribution in [0.5, 0.6) is 0 Å². The summed E-state index contributed by atoms with van der Waals surface area (Å²) in [5.41, 5.74) is 0.230. The summed E-state index contributed by atoms with van der Waals surface area (Å²) < 4.78 is 11.0. The molecule has 0 N–H and O–H groups in total. The molecule has 1 amide bonds. The molecule has 120 valence electrons. The third-order valence-electron chi connectivity index (χ3n) is 5.56. The molecular formula is C16H28N2O3. The number of hydrogen-bond acceptors (Lipinski definition) is 4. The third kappa shape index (κ3) is 2.90. The maximum Gasteiger partial charge on any atom is 0.410 e. The van der Waals surface area contributed by atoms with Gasteiger partial charge < -0.3 is 9.47 Å². The first-order valence-corrected chi connectivity index (χ1v) is 8.33. The Labute approximate surface area is 127 Å². The number of amides is 1. The zero-order valence-corrected chi connectivity index (χ0v) is 13.5. The van der Waals surface area contributed by atoms with E-state index < -0.39 is 0 Å². The van der Waals surface area contributed by atoms with E-state index in [-0.39, 0.29) is 17.7 Å². The molecule has 4 fully saturated rings. The molecule has 21 heavy (non-hydrogen) atoms. The average Bonchev–Trinajstić information content (AvgIpc) is 2.48. The Kier molecular flexibility index (Phi) is 4.14. The van der Waals surface area contributed by atoms with Crippen molar-refractivity contribution < 1.29 is 14.3 Å². The van der Waals surface area contributed by atoms with Crippen LogP contribution in [0.1, 0.15) is 46.5 Å². The van der Waals surface area contributed by atoms with Gasteiger partial charge in [-0.1, -0.05) is 6.92 Å². The van der Waals surface area contributed by atoms with Crippen LogP contribution in [0.2, 0.25) is 0 Å². The summed E-state index contributed by atoms with van der Waals surface area (Å²) in [5, 5.41) is 0. The summed E-state index contributed by atoms with van der Waals surface area (Å²) in [6, 6.07) is 0.698. The van der Waals surface area contributed by atoms with Crippen molar-refractivity contribution in [1.82, 2.24) is 9.80 Å². The normalized spacial score (nSPS) is 30.9. The Morgan fingerprint density at radius 3 is 2.43 bits per heavy atom. The predicted octanol–water partition coefficient (Wildman–Crippen LogP) is 2.25. The van der Waals surface area contributed by atoms with Gasteiger partial charge in [-0.3, -0.25) is 9.80 Å². The van der Waals surface area contributed by atoms with Crippen LogP contribution in [-0.2, 0) is 9.47 Å². The van der Waals surface area contributed by atoms with Gasteiger partial charge >= 0.3 is 6.09 Å². The van der Waals surface area contributed by atoms with Gasteiger partial charge in [-0.15, -0.1) is 0 Å². The number of hydrogen-bond donors (Lipinski definition) is 0. The number of carbonyl (C=O) groups excluding carboxylic acids is 1. The predicted molar refractivity (Wildman–Crippen MR) is 80.3 cm³/mol. The van der Waals surface area contributed by atoms with E-state index in [1.54, 1.807) is 0 Å². The van der Waals surface area contributed by atoms with E-state index in [2.05, 4.69) is 25.7 Å². The molecule has 0 radical (unpaired) electrons. The molecule has 0 aliphatic carbocycles. The fourth-order valence-electron chi connectivity index (χ4n) is 3.62. The first kappa shape index (κ1) is 15.1. The Morgan fingerprint density at radius 2 is 1.86 bits per heavy atom. The zero-order chi connectivity index (χ0) is 15.0. The maximum absolute atomic E-state index is 12.4. The first-order valence-electron chi connectivity index (χ1n) is 8.33. The van der Waals surface area contributed by atoms with Gasteiger partial charge in [-0.05, 0) is 26.7 Å². The van der Waals surface area contributed by atoms with E-state index in [0.29, 0.717) is 25.3 Å². The minimum Gasteiger partial charge on any atom is -0.446 e. The van der Waals surface area contributed by atoms with Crippen molar-refractivity contribution >= 4 is 6.09 Å². The molecule has 0 saturated carbocycles. The van der Waals surface area contributed by atoms with Gasteiger partial charge in [0.2, 0.25) is 0 Å². The van der Waals surface area contributed by atoms with Gasteiger partial charge in [0.1, 0.15) is 6.10 Å². The minimum atomic E-state index is -0.0999. The van der Waals surface area contributed by atoms with Crippen molar-refractivity contribution in [2.24, 2.45) is 0 Å². The van der Waals surface area contributed by atoms with Gasteiger partial charge in [0.15, 0.2) is 0 Å². The Morgan fingerprint density at radius 1 is 1.24 bits per heavy atom. The van der Waals surface area contributed by atoms with E-state index in [1.165, 1.54) is 0 Å². The van der Waals surface area contributed by atoms with E-state index in [9.17, 15) is 4.79 Å². The van der Waals surface area contributed by atoms with Crippen molar-refractivity contribution in [3.05, 3.63) is 0 Å². The number of fused-ring (bicyclic) bond motifs is 2. The molecule has 4 rings (SSSR count). The maximum atomic E-state index is 12.4. The lowest BCUT2D eigenvalue weighted by atomic mass is 9.84. The molecule has 0 aromatic heterocycles. The molecule has 2 bridgehead atoms. The lowest BCUT2D eigenvalue weighted by Gasteiger charge is -2.58. The molecule has 2 unspecified atom stereocenters. The fourth-order valence-corrected chi connectivity index (χ4v) is 3.62. The van der Waals surface area contributed by atoms with Crippen LogP contribution in [0, 0.1) is 0 Å². The fraction of sp³-hybridized carbons (Fsp3) is 0.938. The number of piperidine rings is 1. The monoisotopic (exact) mass is 296 g/mol. The van der Waals surface area contributed by atoms with Gasteiger partial charge in [-0.25, -0.2) is 4.79 Å². The number of rotatable bonds is 3. The Hall–Kier alpha value is -0.810. The van der Waals surface area contributed by atoms with Crippen LogP contribution in [-0.4, -0.2) is 65.9 Å². The number of carbonyl (C=O) groups is 1. The number of nitrogens with zero attached hydrogens (tertiary/aromatic N) is 2. The molecule has 5 heteroatoms. The van der Waals surface area contributed by atoms with Gasteiger partial charge in [0.05, 0.1) is 25.3 Å². The van der Waals surface area contributed by atoms with Crippen LogP contribution < -0.4 is 0 Å². The summed E-state index contributed by atoms with van der Waals surface area (Å²) in [7, 11) is 0. The lowest BCUT2D eigenvalue weighted by Crippen LogP contribution is -2.72. The van der Waals surface area contributed by atoms with Crippen LogP contribution in [0.15, 0.2) is 0 Å². The molecule has 0 aromatic rings. The molecule has 4 heterocycles. The standard InChI is InChI=1S/C16H28N2O3/c1-4-16(2,3)17-10-12-9-13(11-17)18(12)15(19)21-14-5-7-20-8-6-14/h12-14H,4-11H2,1-3H3. The highest BCUT2D eigenvalue weighted by molar-refractivity contribution is 5.70. The van der Waals surface area contributed by atoms with Crippen molar-refractivity contribution in [2.75, 3.05) is 26.3 Å². The van der Waals surface area contributed by atoms with Crippen molar-refractivity contribution in [1.29, 1.82) is 0 Å². The summed E-state index contributed by atoms with van der Waals surface area (Å²) in [5.74, 6) is 0. The highest BCUT2D eigenvalue weighted by Crippen LogP contribution is 2.37. The highest BCUT2D eigenvalue weighted by Gasteiger charge is 2.50. The van der Waals surface area contributed by atoms with Crippen molar-refractivity contribution in [3.8, 4) is 0 Å². The summed E-state index contributed by atoms with van der Waals surface area (Å²) in [4.78, 5) is 16.9. The summed E-state index contributed by atoms with van der Waals surface area (Å²) in [6.45, 7) is 10.2. The zero-order valence-electron chi connectivity index (χ0n) is 13.5. The van der Waals surface area contributed by atoms with Crippen molar-refractivity contribution in [3.63, 3.8) is 0 Å². The Bertz CT molecular complexity index is 381. The molecule has 0 aromatic carbocycles. The van der Waals surface area contributed by atoms with Crippen LogP contribution in [0.4, 0.5) is 4.79 Å². The first-order chi connectivity index (χ1) is 10.0. The quantitative estimate of drug-likeness (QED) is 0.801. The summed E-state index contributed by atoms with van der Waals surface area (Å²) in [6.07, 6.45) is 3.90. The van der Waals surface area contributed by atoms with Gasteiger partial charge in [0, 0.05) is 31.5 Å². The lowest BCUT2D eigenvalue weighted by molar-refractivity contribution is -0.0985. The molecule has 4 saturated heterocycles. The van der Waals surface area contributed by atoms with E-state index in [1.807, 2.05) is 4.90 Å². The molecule has 0 spiro atoms. The Balaban J connectivity index is 1.54. The van der Waals surface area contributed by atoms with Crippen LogP contribution in [0.25, 0.3) is 0 Å². The second kappa shape index (κ2) is 5.76. The molecule has 4 aliphatic rings. The molecule has 2 atom stereocenters. The second-order valence-electron chi connectivity index (χ2n) is 7.22. The number of piperazine rings is 1. The van der Waals surface area contributed by atoms with E-state index in [4.69, 9.17) is 9.47 Å². The van der Waals surface area contributed by atoms with Crippen molar-refractivity contribution in [2.45, 2.75) is 70.2 Å². The number of ether oxygens (including phenoxy) is 2. The van der Waals surface area contributed by atoms with Gasteiger partial charge in [-0.2, -0.15) is 0 Å². The smallest absolute Gasteiger partial charge is 0.410 e. The second-order valence-corrected chi connectivity index (χ2v) is 7.22. The topological polar surface area (TPSA) is 42.0 Å². The van der Waals surface area contributed by atoms with E-state index >= 15 is 0 Å². The highest BCUT2D eigenvalue weighted by atomic mass is 16.6. The van der Waals surface area contributed by atoms with E-state index in [0.717, 1.165) is 38.8 Å². The van der Waals surface area contributed by atoms with Gasteiger partial charge in [0.25, 0.3) is 0 Å². The largest absolute Gasteiger partial charge is 0.446 e. The third-order valence-corrected chi connectivity index (χ3v) is 5.56. The molecular weight excluding hydrogens is 268 g/mol. The summed E-state index contributed by atoms with van der Waals surface area (Å²) >= 11 is 0. The minimum absolute atomic E-state index is 0.0516. The molecule has 4 aliphatic heterocycles. The van der Waals surface area contributed by atoms with Crippen LogP contribution in [0.3, 0.4) is 0 Å². The SMILES string of the molecule is CCC(C)(C)N1CC2CC(C1)N2C(=O)OC1CCOCC1. The average molecular weight is 296 g/mol.